The summed E-state index contributed by atoms with van der Waals surface area (Å²) in [6, 6.07) is 0. The molecular weight excluding hydrogens is 294 g/mol. The monoisotopic (exact) mass is 321 g/mol. The standard InChI is InChI=1S/C17H27N3OS/c1-4-6-9-22-10-7-8-20-16(13-21-5-2)19-15-12-18-11-14(3)17(15)20/h11-12H,4-10,13H2,1-3H3. The fourth-order valence-electron chi connectivity index (χ4n) is 2.52. The van der Waals surface area contributed by atoms with E-state index in [-0.39, 0.29) is 0 Å². The zero-order valence-corrected chi connectivity index (χ0v) is 14.8. The highest BCUT2D eigenvalue weighted by Gasteiger charge is 2.12. The summed E-state index contributed by atoms with van der Waals surface area (Å²) >= 11 is 2.06. The van der Waals surface area contributed by atoms with Crippen LogP contribution in [0.25, 0.3) is 11.0 Å². The zero-order valence-electron chi connectivity index (χ0n) is 14.0. The highest BCUT2D eigenvalue weighted by atomic mass is 32.2. The predicted octanol–water partition coefficient (Wildman–Crippen LogP) is 4.20. The van der Waals surface area contributed by atoms with Crippen LogP contribution in [0.3, 0.4) is 0 Å². The SMILES string of the molecule is CCCCSCCCn1c(COCC)nc2cncc(C)c21. The number of fused-ring (bicyclic) bond motifs is 1. The van der Waals surface area contributed by atoms with E-state index < -0.39 is 0 Å². The summed E-state index contributed by atoms with van der Waals surface area (Å²) in [5.41, 5.74) is 3.38. The van der Waals surface area contributed by atoms with E-state index >= 15 is 0 Å². The Kier molecular flexibility index (Phi) is 7.19. The maximum absolute atomic E-state index is 5.58. The van der Waals surface area contributed by atoms with Gasteiger partial charge in [0.1, 0.15) is 17.9 Å². The molecule has 0 aliphatic heterocycles. The molecule has 0 aliphatic rings. The van der Waals surface area contributed by atoms with Crippen LogP contribution in [0.15, 0.2) is 12.4 Å². The summed E-state index contributed by atoms with van der Waals surface area (Å²) in [6.45, 7) is 8.66. The third-order valence-electron chi connectivity index (χ3n) is 3.66. The highest BCUT2D eigenvalue weighted by molar-refractivity contribution is 7.99. The highest BCUT2D eigenvalue weighted by Crippen LogP contribution is 2.20. The maximum Gasteiger partial charge on any atom is 0.136 e. The van der Waals surface area contributed by atoms with Crippen LogP contribution < -0.4 is 0 Å². The number of imidazole rings is 1. The molecule has 2 heterocycles. The van der Waals surface area contributed by atoms with Crippen molar-refractivity contribution in [1.82, 2.24) is 14.5 Å². The smallest absolute Gasteiger partial charge is 0.136 e. The van der Waals surface area contributed by atoms with Gasteiger partial charge in [0.25, 0.3) is 0 Å². The molecule has 0 fully saturated rings. The first-order chi connectivity index (χ1) is 10.8. The van der Waals surface area contributed by atoms with Gasteiger partial charge in [0.15, 0.2) is 0 Å². The van der Waals surface area contributed by atoms with Crippen LogP contribution >= 0.6 is 11.8 Å². The second-order valence-corrected chi connectivity index (χ2v) is 6.69. The van der Waals surface area contributed by atoms with E-state index in [9.17, 15) is 0 Å². The molecule has 0 bridgehead atoms. The number of thioether (sulfide) groups is 1. The molecule has 2 aromatic heterocycles. The predicted molar refractivity (Wildman–Crippen MR) is 94.4 cm³/mol. The van der Waals surface area contributed by atoms with Crippen LogP contribution in [0.4, 0.5) is 0 Å². The van der Waals surface area contributed by atoms with Crippen LogP contribution in [0, 0.1) is 6.92 Å². The molecule has 0 atom stereocenters. The zero-order chi connectivity index (χ0) is 15.8. The van der Waals surface area contributed by atoms with Gasteiger partial charge in [-0.25, -0.2) is 4.98 Å². The van der Waals surface area contributed by atoms with Crippen LogP contribution in [0.5, 0.6) is 0 Å². The van der Waals surface area contributed by atoms with Crippen LogP contribution in [0.2, 0.25) is 0 Å². The molecular formula is C17H27N3OS. The molecule has 0 N–H and O–H groups in total. The van der Waals surface area contributed by atoms with Gasteiger partial charge in [-0.3, -0.25) is 4.98 Å². The first-order valence-electron chi connectivity index (χ1n) is 8.23. The Morgan fingerprint density at radius 2 is 2.00 bits per heavy atom. The lowest BCUT2D eigenvalue weighted by molar-refractivity contribution is 0.126. The molecule has 2 aromatic rings. The van der Waals surface area contributed by atoms with Crippen molar-refractivity contribution in [2.75, 3.05) is 18.1 Å². The number of aryl methyl sites for hydroxylation is 2. The number of unbranched alkanes of at least 4 members (excludes halogenated alkanes) is 1. The molecule has 22 heavy (non-hydrogen) atoms. The van der Waals surface area contributed by atoms with Crippen molar-refractivity contribution in [2.24, 2.45) is 0 Å². The van der Waals surface area contributed by atoms with Crippen molar-refractivity contribution < 1.29 is 4.74 Å². The Morgan fingerprint density at radius 1 is 1.18 bits per heavy atom. The Morgan fingerprint density at radius 3 is 2.77 bits per heavy atom. The Hall–Kier alpha value is -1.07. The number of aromatic nitrogens is 3. The molecule has 0 radical (unpaired) electrons. The largest absolute Gasteiger partial charge is 0.374 e. The number of hydrogen-bond donors (Lipinski definition) is 0. The van der Waals surface area contributed by atoms with Crippen molar-refractivity contribution in [1.29, 1.82) is 0 Å². The summed E-state index contributed by atoms with van der Waals surface area (Å²) in [4.78, 5) is 8.96. The molecule has 0 aliphatic carbocycles. The molecule has 4 nitrogen and oxygen atoms in total. The number of hydrogen-bond acceptors (Lipinski definition) is 4. The molecule has 0 amide bonds. The molecule has 0 saturated carbocycles. The van der Waals surface area contributed by atoms with Gasteiger partial charge in [-0.2, -0.15) is 11.8 Å². The average molecular weight is 321 g/mol. The normalized spacial score (nSPS) is 11.4. The van der Waals surface area contributed by atoms with Gasteiger partial charge in [0.2, 0.25) is 0 Å². The van der Waals surface area contributed by atoms with Gasteiger partial charge in [-0.1, -0.05) is 13.3 Å². The average Bonchev–Trinajstić information content (AvgIpc) is 2.88. The van der Waals surface area contributed by atoms with E-state index in [0.717, 1.165) is 17.9 Å². The van der Waals surface area contributed by atoms with Gasteiger partial charge in [0, 0.05) is 19.3 Å². The van der Waals surface area contributed by atoms with E-state index in [1.165, 1.54) is 41.8 Å². The minimum Gasteiger partial charge on any atom is -0.374 e. The Bertz CT molecular complexity index is 583. The lowest BCUT2D eigenvalue weighted by Crippen LogP contribution is -2.07. The minimum atomic E-state index is 0.577. The van der Waals surface area contributed by atoms with Gasteiger partial charge < -0.3 is 9.30 Å². The lowest BCUT2D eigenvalue weighted by Gasteiger charge is -2.10. The van der Waals surface area contributed by atoms with Crippen molar-refractivity contribution in [3.8, 4) is 0 Å². The fourth-order valence-corrected chi connectivity index (χ4v) is 3.55. The molecule has 0 saturated heterocycles. The number of nitrogens with zero attached hydrogens (tertiary/aromatic N) is 3. The van der Waals surface area contributed by atoms with Gasteiger partial charge in [-0.05, 0) is 43.8 Å². The fraction of sp³-hybridized carbons (Fsp3) is 0.647. The minimum absolute atomic E-state index is 0.577. The quantitative estimate of drug-likeness (QED) is 0.615. The van der Waals surface area contributed by atoms with E-state index in [4.69, 9.17) is 9.72 Å². The van der Waals surface area contributed by atoms with Crippen LogP contribution in [-0.4, -0.2) is 32.6 Å². The van der Waals surface area contributed by atoms with E-state index in [2.05, 4.69) is 35.2 Å². The topological polar surface area (TPSA) is 39.9 Å². The first-order valence-corrected chi connectivity index (χ1v) is 9.38. The van der Waals surface area contributed by atoms with Crippen LogP contribution in [0.1, 0.15) is 44.5 Å². The third kappa shape index (κ3) is 4.46. The second-order valence-electron chi connectivity index (χ2n) is 5.46. The summed E-state index contributed by atoms with van der Waals surface area (Å²) in [7, 11) is 0. The summed E-state index contributed by atoms with van der Waals surface area (Å²) in [5, 5.41) is 0. The molecule has 0 unspecified atom stereocenters. The van der Waals surface area contributed by atoms with Crippen molar-refractivity contribution >= 4 is 22.8 Å². The number of rotatable bonds is 10. The maximum atomic E-state index is 5.58. The van der Waals surface area contributed by atoms with E-state index in [0.29, 0.717) is 13.2 Å². The first kappa shape index (κ1) is 17.3. The number of pyridine rings is 1. The molecule has 2 rings (SSSR count). The van der Waals surface area contributed by atoms with Gasteiger partial charge in [-0.15, -0.1) is 0 Å². The lowest BCUT2D eigenvalue weighted by atomic mass is 10.2. The Balaban J connectivity index is 2.07. The third-order valence-corrected chi connectivity index (χ3v) is 4.81. The molecule has 5 heteroatoms. The molecule has 0 aromatic carbocycles. The number of ether oxygens (including phenoxy) is 1. The summed E-state index contributed by atoms with van der Waals surface area (Å²) in [6.07, 6.45) is 7.54. The summed E-state index contributed by atoms with van der Waals surface area (Å²) in [5.74, 6) is 3.50. The van der Waals surface area contributed by atoms with E-state index in [1.807, 2.05) is 19.3 Å². The second kappa shape index (κ2) is 9.16. The van der Waals surface area contributed by atoms with Crippen molar-refractivity contribution in [3.05, 3.63) is 23.8 Å². The van der Waals surface area contributed by atoms with Gasteiger partial charge >= 0.3 is 0 Å². The van der Waals surface area contributed by atoms with Crippen LogP contribution in [-0.2, 0) is 17.9 Å². The van der Waals surface area contributed by atoms with Gasteiger partial charge in [0.05, 0.1) is 11.7 Å². The van der Waals surface area contributed by atoms with Crippen molar-refractivity contribution in [2.45, 2.75) is 53.2 Å². The van der Waals surface area contributed by atoms with Crippen molar-refractivity contribution in [3.63, 3.8) is 0 Å². The molecule has 0 spiro atoms. The Labute approximate surface area is 137 Å². The van der Waals surface area contributed by atoms with E-state index in [1.54, 1.807) is 0 Å². The molecule has 122 valence electrons. The summed E-state index contributed by atoms with van der Waals surface area (Å²) < 4.78 is 7.90.